The van der Waals surface area contributed by atoms with Gasteiger partial charge in [-0.2, -0.15) is 5.10 Å². The molecule has 2 heterocycles. The highest BCUT2D eigenvalue weighted by atomic mass is 16.2. The molecule has 1 aromatic heterocycles. The number of rotatable bonds is 5. The van der Waals surface area contributed by atoms with E-state index >= 15 is 0 Å². The molecule has 1 aliphatic heterocycles. The van der Waals surface area contributed by atoms with Gasteiger partial charge in [0.1, 0.15) is 0 Å². The minimum atomic E-state index is -0.318. The summed E-state index contributed by atoms with van der Waals surface area (Å²) in [6, 6.07) is 9.96. The Hall–Kier alpha value is -2.63. The Morgan fingerprint density at radius 1 is 1.30 bits per heavy atom. The summed E-state index contributed by atoms with van der Waals surface area (Å²) >= 11 is 0. The van der Waals surface area contributed by atoms with E-state index in [1.54, 1.807) is 19.3 Å². The largest absolute Gasteiger partial charge is 0.370 e. The SMILES string of the molecule is Cc1ccc(C2(C(=O)NC[C@@H]3CCN(c4cnn(C)c(=O)c4)C3)CC2)cc1. The van der Waals surface area contributed by atoms with Crippen LogP contribution in [0.1, 0.15) is 30.4 Å². The Balaban J connectivity index is 1.34. The molecule has 1 saturated heterocycles. The molecular formula is C21H26N4O2. The summed E-state index contributed by atoms with van der Waals surface area (Å²) in [5.41, 5.74) is 2.79. The van der Waals surface area contributed by atoms with Gasteiger partial charge >= 0.3 is 0 Å². The van der Waals surface area contributed by atoms with E-state index in [4.69, 9.17) is 0 Å². The Labute approximate surface area is 159 Å². The second-order valence-corrected chi connectivity index (χ2v) is 7.93. The number of anilines is 1. The second-order valence-electron chi connectivity index (χ2n) is 7.93. The molecule has 0 bridgehead atoms. The first kappa shape index (κ1) is 17.8. The van der Waals surface area contributed by atoms with Crippen molar-refractivity contribution in [1.82, 2.24) is 15.1 Å². The van der Waals surface area contributed by atoms with Crippen LogP contribution in [0.3, 0.4) is 0 Å². The highest BCUT2D eigenvalue weighted by Crippen LogP contribution is 2.48. The van der Waals surface area contributed by atoms with E-state index in [1.165, 1.54) is 10.2 Å². The van der Waals surface area contributed by atoms with Gasteiger partial charge < -0.3 is 10.2 Å². The lowest BCUT2D eigenvalue weighted by Gasteiger charge is -2.20. The number of nitrogens with zero attached hydrogens (tertiary/aromatic N) is 3. The zero-order chi connectivity index (χ0) is 19.0. The fraction of sp³-hybridized carbons (Fsp3) is 0.476. The number of carbonyl (C=O) groups excluding carboxylic acids is 1. The molecule has 2 fully saturated rings. The van der Waals surface area contributed by atoms with E-state index in [0.717, 1.165) is 43.6 Å². The lowest BCUT2D eigenvalue weighted by atomic mass is 9.94. The highest BCUT2D eigenvalue weighted by molar-refractivity contribution is 5.91. The monoisotopic (exact) mass is 366 g/mol. The summed E-state index contributed by atoms with van der Waals surface area (Å²) in [5, 5.41) is 7.28. The Kier molecular flexibility index (Phi) is 4.50. The van der Waals surface area contributed by atoms with Crippen molar-refractivity contribution in [1.29, 1.82) is 0 Å². The second kappa shape index (κ2) is 6.83. The zero-order valence-electron chi connectivity index (χ0n) is 15.9. The van der Waals surface area contributed by atoms with Gasteiger partial charge in [-0.15, -0.1) is 0 Å². The molecule has 142 valence electrons. The van der Waals surface area contributed by atoms with Crippen molar-refractivity contribution in [2.75, 3.05) is 24.5 Å². The molecular weight excluding hydrogens is 340 g/mol. The third-order valence-corrected chi connectivity index (χ3v) is 5.94. The topological polar surface area (TPSA) is 67.2 Å². The van der Waals surface area contributed by atoms with Gasteiger partial charge in [-0.1, -0.05) is 29.8 Å². The molecule has 6 heteroatoms. The normalized spacial score (nSPS) is 20.5. The van der Waals surface area contributed by atoms with Gasteiger partial charge in [0, 0.05) is 32.7 Å². The van der Waals surface area contributed by atoms with Crippen molar-refractivity contribution in [3.05, 3.63) is 58.0 Å². The van der Waals surface area contributed by atoms with Gasteiger partial charge in [0.25, 0.3) is 5.56 Å². The first-order valence-corrected chi connectivity index (χ1v) is 9.62. The molecule has 2 aliphatic rings. The molecule has 0 radical (unpaired) electrons. The number of aromatic nitrogens is 2. The molecule has 1 N–H and O–H groups in total. The number of hydrogen-bond acceptors (Lipinski definition) is 4. The number of nitrogens with one attached hydrogen (secondary N) is 1. The predicted octanol–water partition coefficient (Wildman–Crippen LogP) is 1.76. The quantitative estimate of drug-likeness (QED) is 0.876. The fourth-order valence-electron chi connectivity index (χ4n) is 3.92. The van der Waals surface area contributed by atoms with Crippen LogP contribution in [-0.2, 0) is 17.3 Å². The molecule has 2 aromatic rings. The highest BCUT2D eigenvalue weighted by Gasteiger charge is 2.51. The molecule has 0 unspecified atom stereocenters. The maximum Gasteiger partial charge on any atom is 0.268 e. The van der Waals surface area contributed by atoms with Crippen LogP contribution in [0.25, 0.3) is 0 Å². The van der Waals surface area contributed by atoms with Crippen molar-refractivity contribution in [3.8, 4) is 0 Å². The first-order chi connectivity index (χ1) is 13.0. The van der Waals surface area contributed by atoms with Gasteiger partial charge in [0.15, 0.2) is 0 Å². The van der Waals surface area contributed by atoms with Gasteiger partial charge in [0.05, 0.1) is 17.3 Å². The number of hydrogen-bond donors (Lipinski definition) is 1. The lowest BCUT2D eigenvalue weighted by molar-refractivity contribution is -0.123. The summed E-state index contributed by atoms with van der Waals surface area (Å²) in [6.07, 6.45) is 4.60. The van der Waals surface area contributed by atoms with Crippen molar-refractivity contribution >= 4 is 11.6 Å². The van der Waals surface area contributed by atoms with Crippen LogP contribution >= 0.6 is 0 Å². The number of aryl methyl sites for hydroxylation is 2. The maximum absolute atomic E-state index is 12.8. The molecule has 0 spiro atoms. The van der Waals surface area contributed by atoms with Gasteiger partial charge in [-0.3, -0.25) is 9.59 Å². The van der Waals surface area contributed by atoms with Gasteiger partial charge in [-0.25, -0.2) is 4.68 Å². The van der Waals surface area contributed by atoms with Crippen molar-refractivity contribution in [2.45, 2.75) is 31.6 Å². The van der Waals surface area contributed by atoms with E-state index in [2.05, 4.69) is 46.5 Å². The van der Waals surface area contributed by atoms with Crippen molar-refractivity contribution in [3.63, 3.8) is 0 Å². The summed E-state index contributed by atoms with van der Waals surface area (Å²) in [7, 11) is 1.65. The van der Waals surface area contributed by atoms with Crippen LogP contribution < -0.4 is 15.8 Å². The summed E-state index contributed by atoms with van der Waals surface area (Å²) < 4.78 is 1.33. The van der Waals surface area contributed by atoms with E-state index in [0.29, 0.717) is 12.5 Å². The standard InChI is InChI=1S/C21H26N4O2/c1-15-3-5-17(6-4-15)21(8-9-21)20(27)22-12-16-7-10-25(14-16)18-11-19(26)24(2)23-13-18/h3-6,11,13,16H,7-10,12,14H2,1-2H3,(H,22,27)/t16-/m0/s1. The van der Waals surface area contributed by atoms with Gasteiger partial charge in [0.2, 0.25) is 5.91 Å². The van der Waals surface area contributed by atoms with Gasteiger partial charge in [-0.05, 0) is 37.7 Å². The summed E-state index contributed by atoms with van der Waals surface area (Å²) in [6.45, 7) is 4.47. The van der Waals surface area contributed by atoms with E-state index in [-0.39, 0.29) is 16.9 Å². The van der Waals surface area contributed by atoms with Crippen LogP contribution in [0.2, 0.25) is 0 Å². The third kappa shape index (κ3) is 3.48. The van der Waals surface area contributed by atoms with E-state index in [9.17, 15) is 9.59 Å². The number of carbonyl (C=O) groups is 1. The van der Waals surface area contributed by atoms with Crippen LogP contribution in [0.15, 0.2) is 41.3 Å². The smallest absolute Gasteiger partial charge is 0.268 e. The molecule has 1 aromatic carbocycles. The van der Waals surface area contributed by atoms with Crippen LogP contribution in [0, 0.1) is 12.8 Å². The van der Waals surface area contributed by atoms with Crippen molar-refractivity contribution < 1.29 is 4.79 Å². The zero-order valence-corrected chi connectivity index (χ0v) is 15.9. The molecule has 4 rings (SSSR count). The number of benzene rings is 1. The van der Waals surface area contributed by atoms with Crippen LogP contribution in [0.5, 0.6) is 0 Å². The first-order valence-electron chi connectivity index (χ1n) is 9.62. The number of amides is 1. The average Bonchev–Trinajstić information content (AvgIpc) is 3.34. The average molecular weight is 366 g/mol. The minimum absolute atomic E-state index is 0.0991. The molecule has 1 saturated carbocycles. The lowest BCUT2D eigenvalue weighted by Crippen LogP contribution is -2.38. The Morgan fingerprint density at radius 2 is 2.04 bits per heavy atom. The minimum Gasteiger partial charge on any atom is -0.370 e. The molecule has 1 aliphatic carbocycles. The molecule has 1 atom stereocenters. The summed E-state index contributed by atoms with van der Waals surface area (Å²) in [5.74, 6) is 0.548. The molecule has 6 nitrogen and oxygen atoms in total. The Bertz CT molecular complexity index is 899. The third-order valence-electron chi connectivity index (χ3n) is 5.94. The van der Waals surface area contributed by atoms with Crippen LogP contribution in [-0.4, -0.2) is 35.3 Å². The molecule has 27 heavy (non-hydrogen) atoms. The summed E-state index contributed by atoms with van der Waals surface area (Å²) in [4.78, 5) is 26.8. The van der Waals surface area contributed by atoms with E-state index in [1.807, 2.05) is 0 Å². The van der Waals surface area contributed by atoms with E-state index < -0.39 is 0 Å². The molecule has 1 amide bonds. The van der Waals surface area contributed by atoms with Crippen molar-refractivity contribution in [2.24, 2.45) is 13.0 Å². The Morgan fingerprint density at radius 3 is 2.70 bits per heavy atom. The van der Waals surface area contributed by atoms with Crippen LogP contribution in [0.4, 0.5) is 5.69 Å². The maximum atomic E-state index is 12.8. The fourth-order valence-corrected chi connectivity index (χ4v) is 3.92. The predicted molar refractivity (Wildman–Crippen MR) is 105 cm³/mol.